The van der Waals surface area contributed by atoms with Crippen LogP contribution in [0.3, 0.4) is 0 Å². The van der Waals surface area contributed by atoms with E-state index < -0.39 is 0 Å². The van der Waals surface area contributed by atoms with Gasteiger partial charge in [0.1, 0.15) is 5.75 Å². The molecular weight excluding hydrogens is 482 g/mol. The fourth-order valence-electron chi connectivity index (χ4n) is 4.17. The Morgan fingerprint density at radius 3 is 2.49 bits per heavy atom. The molecule has 0 aliphatic rings. The average Bonchev–Trinajstić information content (AvgIpc) is 2.94. The number of nitrogens with zero attached hydrogens (tertiary/aromatic N) is 3. The number of rotatable bonds is 7. The minimum atomic E-state index is -0.227. The van der Waals surface area contributed by atoms with Gasteiger partial charge in [-0.05, 0) is 58.7 Å². The molecule has 2 heterocycles. The topological polar surface area (TPSA) is 48.5 Å². The summed E-state index contributed by atoms with van der Waals surface area (Å²) in [4.78, 5) is 21.6. The summed E-state index contributed by atoms with van der Waals surface area (Å²) in [6.07, 6.45) is 5.78. The molecule has 0 atom stereocenters. The van der Waals surface area contributed by atoms with Gasteiger partial charge in [0.05, 0.1) is 25.1 Å². The average molecular weight is 504 g/mol. The molecule has 0 bridgehead atoms. The molecular formula is C31H22ClN3O2. The minimum Gasteiger partial charge on any atom is -0.493 e. The van der Waals surface area contributed by atoms with Crippen LogP contribution < -0.4 is 10.3 Å². The number of hydrogen-bond donors (Lipinski definition) is 0. The predicted octanol–water partition coefficient (Wildman–Crippen LogP) is 7.39. The smallest absolute Gasteiger partial charge is 0.263 e. The van der Waals surface area contributed by atoms with Crippen molar-refractivity contribution in [1.29, 1.82) is 0 Å². The maximum Gasteiger partial charge on any atom is 0.263 e. The Kier molecular flexibility index (Phi) is 7.12. The van der Waals surface area contributed by atoms with Crippen LogP contribution in [0.25, 0.3) is 32.8 Å². The maximum absolute atomic E-state index is 13.7. The number of para-hydroxylation sites is 1. The largest absolute Gasteiger partial charge is 0.493 e. The van der Waals surface area contributed by atoms with Crippen LogP contribution in [-0.2, 0) is 6.42 Å². The van der Waals surface area contributed by atoms with Crippen LogP contribution in [0.1, 0.15) is 5.56 Å². The van der Waals surface area contributed by atoms with Gasteiger partial charge >= 0.3 is 0 Å². The van der Waals surface area contributed by atoms with Crippen LogP contribution >= 0.6 is 11.6 Å². The van der Waals surface area contributed by atoms with Crippen molar-refractivity contribution in [3.05, 3.63) is 142 Å². The highest BCUT2D eigenvalue weighted by Gasteiger charge is 2.15. The van der Waals surface area contributed by atoms with Crippen LogP contribution in [0.5, 0.6) is 5.75 Å². The standard InChI is InChI=1S/C31H22ClN3O2/c1-33-30-12-6-5-11-28(30)24-18-29(31(36)35(21-24)26-10-7-14-34-20-26)23-16-25(32)19-27(17-23)37-15-13-22-8-3-2-4-9-22/h2-12,14,16-21H,13,15H2. The van der Waals surface area contributed by atoms with E-state index in [1.807, 2.05) is 48.5 Å². The molecule has 3 aromatic carbocycles. The minimum absolute atomic E-state index is 0.227. The Labute approximate surface area is 220 Å². The van der Waals surface area contributed by atoms with Gasteiger partial charge in [0, 0.05) is 29.4 Å². The lowest BCUT2D eigenvalue weighted by Gasteiger charge is -2.14. The highest BCUT2D eigenvalue weighted by molar-refractivity contribution is 6.31. The Morgan fingerprint density at radius 2 is 1.70 bits per heavy atom. The van der Waals surface area contributed by atoms with Crippen LogP contribution in [-0.4, -0.2) is 16.2 Å². The summed E-state index contributed by atoms with van der Waals surface area (Å²) in [5.74, 6) is 0.581. The zero-order chi connectivity index (χ0) is 25.6. The van der Waals surface area contributed by atoms with Crippen molar-refractivity contribution >= 4 is 17.3 Å². The Bertz CT molecular complexity index is 1640. The molecule has 5 nitrogen and oxygen atoms in total. The van der Waals surface area contributed by atoms with Crippen molar-refractivity contribution in [2.24, 2.45) is 0 Å². The molecule has 6 heteroatoms. The summed E-state index contributed by atoms with van der Waals surface area (Å²) in [6.45, 7) is 8.08. The summed E-state index contributed by atoms with van der Waals surface area (Å²) in [5.41, 5.74) is 4.61. The van der Waals surface area contributed by atoms with E-state index in [0.717, 1.165) is 17.5 Å². The number of pyridine rings is 2. The van der Waals surface area contributed by atoms with Gasteiger partial charge in [-0.3, -0.25) is 14.3 Å². The molecule has 2 aromatic heterocycles. The molecule has 0 amide bonds. The molecule has 0 aliphatic carbocycles. The van der Waals surface area contributed by atoms with E-state index in [2.05, 4.69) is 22.0 Å². The number of hydrogen-bond acceptors (Lipinski definition) is 3. The first-order chi connectivity index (χ1) is 18.1. The van der Waals surface area contributed by atoms with E-state index in [1.54, 1.807) is 53.5 Å². The van der Waals surface area contributed by atoms with Gasteiger partial charge in [0.25, 0.3) is 5.56 Å². The van der Waals surface area contributed by atoms with E-state index in [1.165, 1.54) is 5.56 Å². The summed E-state index contributed by atoms with van der Waals surface area (Å²) >= 11 is 6.47. The third-order valence-corrected chi connectivity index (χ3v) is 6.18. The SMILES string of the molecule is [C-]#[N+]c1ccccc1-c1cc(-c2cc(Cl)cc(OCCc3ccccc3)c2)c(=O)n(-c2cccnc2)c1. The monoisotopic (exact) mass is 503 g/mol. The highest BCUT2D eigenvalue weighted by atomic mass is 35.5. The first-order valence-electron chi connectivity index (χ1n) is 11.7. The Balaban J connectivity index is 1.59. The van der Waals surface area contributed by atoms with Crippen molar-refractivity contribution in [1.82, 2.24) is 9.55 Å². The molecule has 37 heavy (non-hydrogen) atoms. The van der Waals surface area contributed by atoms with E-state index in [-0.39, 0.29) is 5.56 Å². The zero-order valence-electron chi connectivity index (χ0n) is 19.8. The first kappa shape index (κ1) is 24.1. The Morgan fingerprint density at radius 1 is 0.892 bits per heavy atom. The number of halogens is 1. The molecule has 0 radical (unpaired) electrons. The second-order valence-corrected chi connectivity index (χ2v) is 8.85. The summed E-state index contributed by atoms with van der Waals surface area (Å²) in [5, 5.41) is 0.464. The quantitative estimate of drug-likeness (QED) is 0.217. The van der Waals surface area contributed by atoms with Gasteiger partial charge in [-0.25, -0.2) is 4.85 Å². The van der Waals surface area contributed by atoms with Crippen molar-refractivity contribution in [3.8, 4) is 33.7 Å². The fourth-order valence-corrected chi connectivity index (χ4v) is 4.40. The molecule has 5 aromatic rings. The van der Waals surface area contributed by atoms with E-state index in [4.69, 9.17) is 22.9 Å². The van der Waals surface area contributed by atoms with Gasteiger partial charge in [0.2, 0.25) is 0 Å². The van der Waals surface area contributed by atoms with Crippen molar-refractivity contribution in [2.75, 3.05) is 6.61 Å². The number of ether oxygens (including phenoxy) is 1. The lowest BCUT2D eigenvalue weighted by Crippen LogP contribution is -2.20. The van der Waals surface area contributed by atoms with Crippen LogP contribution in [0.15, 0.2) is 114 Å². The molecule has 180 valence electrons. The van der Waals surface area contributed by atoms with Crippen molar-refractivity contribution in [2.45, 2.75) is 6.42 Å². The van der Waals surface area contributed by atoms with Gasteiger partial charge < -0.3 is 4.74 Å². The fraction of sp³-hybridized carbons (Fsp3) is 0.0645. The molecule has 0 spiro atoms. The third kappa shape index (κ3) is 5.45. The predicted molar refractivity (Wildman–Crippen MR) is 148 cm³/mol. The summed E-state index contributed by atoms with van der Waals surface area (Å²) < 4.78 is 7.57. The summed E-state index contributed by atoms with van der Waals surface area (Å²) in [6, 6.07) is 28.2. The lowest BCUT2D eigenvalue weighted by atomic mass is 10.00. The van der Waals surface area contributed by atoms with E-state index in [0.29, 0.717) is 39.9 Å². The van der Waals surface area contributed by atoms with Crippen molar-refractivity contribution in [3.63, 3.8) is 0 Å². The van der Waals surface area contributed by atoms with Crippen molar-refractivity contribution < 1.29 is 4.74 Å². The first-order valence-corrected chi connectivity index (χ1v) is 12.1. The van der Waals surface area contributed by atoms with E-state index >= 15 is 0 Å². The van der Waals surface area contributed by atoms with Gasteiger partial charge in [-0.15, -0.1) is 0 Å². The van der Waals surface area contributed by atoms with Crippen LogP contribution in [0.4, 0.5) is 5.69 Å². The molecule has 0 saturated carbocycles. The molecule has 0 N–H and O–H groups in total. The van der Waals surface area contributed by atoms with Gasteiger partial charge in [-0.1, -0.05) is 66.2 Å². The summed E-state index contributed by atoms with van der Waals surface area (Å²) in [7, 11) is 0. The second kappa shape index (κ2) is 10.9. The molecule has 0 unspecified atom stereocenters. The van der Waals surface area contributed by atoms with E-state index in [9.17, 15) is 4.79 Å². The van der Waals surface area contributed by atoms with Gasteiger partial charge in [0.15, 0.2) is 5.69 Å². The van der Waals surface area contributed by atoms with Gasteiger partial charge in [-0.2, -0.15) is 0 Å². The molecule has 0 aliphatic heterocycles. The third-order valence-electron chi connectivity index (χ3n) is 5.96. The zero-order valence-corrected chi connectivity index (χ0v) is 20.6. The lowest BCUT2D eigenvalue weighted by molar-refractivity contribution is 0.322. The molecule has 0 saturated heterocycles. The van der Waals surface area contributed by atoms with Crippen LogP contribution in [0.2, 0.25) is 5.02 Å². The highest BCUT2D eigenvalue weighted by Crippen LogP contribution is 2.34. The normalized spacial score (nSPS) is 10.6. The number of aromatic nitrogens is 2. The van der Waals surface area contributed by atoms with Crippen LogP contribution in [0, 0.1) is 6.57 Å². The molecule has 5 rings (SSSR count). The number of benzene rings is 3. The Hall–Kier alpha value is -4.66. The molecule has 0 fully saturated rings. The maximum atomic E-state index is 13.7. The second-order valence-electron chi connectivity index (χ2n) is 8.42.